The van der Waals surface area contributed by atoms with Crippen molar-refractivity contribution >= 4 is 34.5 Å². The van der Waals surface area contributed by atoms with Gasteiger partial charge in [-0.05, 0) is 61.7 Å². The first-order chi connectivity index (χ1) is 14.1. The molecule has 0 fully saturated rings. The lowest BCUT2D eigenvalue weighted by molar-refractivity contribution is 0.102. The van der Waals surface area contributed by atoms with Gasteiger partial charge in [-0.2, -0.15) is 0 Å². The monoisotopic (exact) mass is 410 g/mol. The lowest BCUT2D eigenvalue weighted by Crippen LogP contribution is -2.13. The Labute approximate surface area is 173 Å². The molecule has 29 heavy (non-hydrogen) atoms. The fraction of sp³-hybridized carbons (Fsp3) is 0.182. The Morgan fingerprint density at radius 3 is 2.14 bits per heavy atom. The zero-order valence-corrected chi connectivity index (χ0v) is 17.0. The van der Waals surface area contributed by atoms with Crippen LogP contribution in [0.4, 0.5) is 11.4 Å². The molecule has 6 nitrogen and oxygen atoms in total. The standard InChI is InChI=1S/C22H22N2O4S/c1-3-27-18-12-11-17(14-19(18)28-4-2)24-21(25)15-7-9-16(10-8-15)23-22(26)20-6-5-13-29-20/h5-14H,3-4H2,1-2H3,(H,23,26)(H,24,25). The Kier molecular flexibility index (Phi) is 6.86. The summed E-state index contributed by atoms with van der Waals surface area (Å²) < 4.78 is 11.1. The molecule has 0 unspecified atom stereocenters. The topological polar surface area (TPSA) is 76.7 Å². The molecular weight excluding hydrogens is 388 g/mol. The van der Waals surface area contributed by atoms with Crippen LogP contribution in [-0.4, -0.2) is 25.0 Å². The minimum absolute atomic E-state index is 0.171. The number of rotatable bonds is 8. The van der Waals surface area contributed by atoms with E-state index in [-0.39, 0.29) is 11.8 Å². The Morgan fingerprint density at radius 2 is 1.48 bits per heavy atom. The van der Waals surface area contributed by atoms with Gasteiger partial charge in [-0.25, -0.2) is 0 Å². The van der Waals surface area contributed by atoms with E-state index >= 15 is 0 Å². The first-order valence-corrected chi connectivity index (χ1v) is 10.1. The minimum Gasteiger partial charge on any atom is -0.490 e. The van der Waals surface area contributed by atoms with Gasteiger partial charge in [-0.3, -0.25) is 9.59 Å². The van der Waals surface area contributed by atoms with E-state index in [1.807, 2.05) is 25.3 Å². The van der Waals surface area contributed by atoms with Crippen LogP contribution in [0.3, 0.4) is 0 Å². The number of benzene rings is 2. The second-order valence-electron chi connectivity index (χ2n) is 5.99. The fourth-order valence-corrected chi connectivity index (χ4v) is 3.26. The summed E-state index contributed by atoms with van der Waals surface area (Å²) in [5.74, 6) is 0.791. The molecular formula is C22H22N2O4S. The van der Waals surface area contributed by atoms with Gasteiger partial charge in [0.15, 0.2) is 11.5 Å². The molecule has 0 aliphatic rings. The molecule has 1 aromatic heterocycles. The van der Waals surface area contributed by atoms with Gasteiger partial charge in [0.25, 0.3) is 11.8 Å². The van der Waals surface area contributed by atoms with E-state index in [4.69, 9.17) is 9.47 Å². The molecule has 0 radical (unpaired) electrons. The van der Waals surface area contributed by atoms with E-state index in [9.17, 15) is 9.59 Å². The molecule has 0 aliphatic carbocycles. The highest BCUT2D eigenvalue weighted by Gasteiger charge is 2.11. The number of hydrogen-bond donors (Lipinski definition) is 2. The van der Waals surface area contributed by atoms with Gasteiger partial charge in [-0.1, -0.05) is 6.07 Å². The molecule has 3 rings (SSSR count). The SMILES string of the molecule is CCOc1ccc(NC(=O)c2ccc(NC(=O)c3cccs3)cc2)cc1OCC. The maximum Gasteiger partial charge on any atom is 0.265 e. The summed E-state index contributed by atoms with van der Waals surface area (Å²) in [5.41, 5.74) is 1.71. The van der Waals surface area contributed by atoms with Crippen LogP contribution < -0.4 is 20.1 Å². The van der Waals surface area contributed by atoms with E-state index in [0.717, 1.165) is 0 Å². The second kappa shape index (κ2) is 9.75. The number of anilines is 2. The van der Waals surface area contributed by atoms with E-state index in [1.54, 1.807) is 48.5 Å². The molecule has 150 valence electrons. The molecule has 0 aliphatic heterocycles. The highest BCUT2D eigenvalue weighted by Crippen LogP contribution is 2.30. The number of hydrogen-bond acceptors (Lipinski definition) is 5. The third-order valence-corrected chi connectivity index (χ3v) is 4.82. The van der Waals surface area contributed by atoms with Crippen molar-refractivity contribution in [2.24, 2.45) is 0 Å². The van der Waals surface area contributed by atoms with Crippen molar-refractivity contribution in [1.82, 2.24) is 0 Å². The van der Waals surface area contributed by atoms with Crippen LogP contribution >= 0.6 is 11.3 Å². The van der Waals surface area contributed by atoms with E-state index in [0.29, 0.717) is 46.5 Å². The number of carbonyl (C=O) groups excluding carboxylic acids is 2. The van der Waals surface area contributed by atoms with Crippen molar-refractivity contribution in [2.45, 2.75) is 13.8 Å². The highest BCUT2D eigenvalue weighted by atomic mass is 32.1. The van der Waals surface area contributed by atoms with Crippen LogP contribution in [0.2, 0.25) is 0 Å². The molecule has 0 atom stereocenters. The number of carbonyl (C=O) groups is 2. The lowest BCUT2D eigenvalue weighted by atomic mass is 10.2. The van der Waals surface area contributed by atoms with Gasteiger partial charge < -0.3 is 20.1 Å². The van der Waals surface area contributed by atoms with Gasteiger partial charge in [0, 0.05) is 23.0 Å². The molecule has 0 bridgehead atoms. The zero-order valence-electron chi connectivity index (χ0n) is 16.2. The van der Waals surface area contributed by atoms with Gasteiger partial charge in [0.2, 0.25) is 0 Å². The molecule has 2 N–H and O–H groups in total. The summed E-state index contributed by atoms with van der Waals surface area (Å²) in [5, 5.41) is 7.51. The van der Waals surface area contributed by atoms with E-state index in [2.05, 4.69) is 10.6 Å². The quantitative estimate of drug-likeness (QED) is 0.545. The minimum atomic E-state index is -0.257. The van der Waals surface area contributed by atoms with Crippen molar-refractivity contribution in [3.05, 3.63) is 70.4 Å². The number of amides is 2. The normalized spacial score (nSPS) is 10.3. The Balaban J connectivity index is 1.66. The summed E-state index contributed by atoms with van der Waals surface area (Å²) in [6.07, 6.45) is 0. The predicted molar refractivity (Wildman–Crippen MR) is 115 cm³/mol. The lowest BCUT2D eigenvalue weighted by Gasteiger charge is -2.13. The second-order valence-corrected chi connectivity index (χ2v) is 6.94. The smallest absolute Gasteiger partial charge is 0.265 e. The van der Waals surface area contributed by atoms with Gasteiger partial charge in [-0.15, -0.1) is 11.3 Å². The predicted octanol–water partition coefficient (Wildman–Crippen LogP) is 5.05. The summed E-state index contributed by atoms with van der Waals surface area (Å²) in [6.45, 7) is 4.81. The molecule has 0 spiro atoms. The summed E-state index contributed by atoms with van der Waals surface area (Å²) in [4.78, 5) is 25.3. The van der Waals surface area contributed by atoms with Crippen molar-refractivity contribution < 1.29 is 19.1 Å². The summed E-state index contributed by atoms with van der Waals surface area (Å²) in [6, 6.07) is 15.6. The molecule has 3 aromatic rings. The van der Waals surface area contributed by atoms with Crippen molar-refractivity contribution in [2.75, 3.05) is 23.8 Å². The van der Waals surface area contributed by atoms with Crippen molar-refractivity contribution in [3.8, 4) is 11.5 Å². The third kappa shape index (κ3) is 5.36. The van der Waals surface area contributed by atoms with Crippen LogP contribution in [-0.2, 0) is 0 Å². The maximum atomic E-state index is 12.5. The largest absolute Gasteiger partial charge is 0.490 e. The first kappa shape index (κ1) is 20.4. The summed E-state index contributed by atoms with van der Waals surface area (Å²) in [7, 11) is 0. The molecule has 2 aromatic carbocycles. The highest BCUT2D eigenvalue weighted by molar-refractivity contribution is 7.12. The van der Waals surface area contributed by atoms with Gasteiger partial charge >= 0.3 is 0 Å². The van der Waals surface area contributed by atoms with E-state index < -0.39 is 0 Å². The zero-order chi connectivity index (χ0) is 20.6. The van der Waals surface area contributed by atoms with Gasteiger partial charge in [0.1, 0.15) is 0 Å². The van der Waals surface area contributed by atoms with Gasteiger partial charge in [0.05, 0.1) is 18.1 Å². The molecule has 2 amide bonds. The Bertz CT molecular complexity index is 969. The first-order valence-electron chi connectivity index (χ1n) is 9.26. The molecule has 1 heterocycles. The third-order valence-electron chi connectivity index (χ3n) is 3.95. The average Bonchev–Trinajstić information content (AvgIpc) is 3.26. The number of thiophene rings is 1. The van der Waals surface area contributed by atoms with E-state index in [1.165, 1.54) is 11.3 Å². The fourth-order valence-electron chi connectivity index (χ4n) is 2.64. The Hall–Kier alpha value is -3.32. The molecule has 0 saturated heterocycles. The van der Waals surface area contributed by atoms with Crippen LogP contribution in [0, 0.1) is 0 Å². The number of ether oxygens (including phenoxy) is 2. The van der Waals surface area contributed by atoms with Crippen molar-refractivity contribution in [3.63, 3.8) is 0 Å². The van der Waals surface area contributed by atoms with Crippen molar-refractivity contribution in [1.29, 1.82) is 0 Å². The molecule has 0 saturated carbocycles. The maximum absolute atomic E-state index is 12.5. The Morgan fingerprint density at radius 1 is 0.828 bits per heavy atom. The van der Waals surface area contributed by atoms with Crippen LogP contribution in [0.5, 0.6) is 11.5 Å². The van der Waals surface area contributed by atoms with Crippen LogP contribution in [0.1, 0.15) is 33.9 Å². The van der Waals surface area contributed by atoms with Crippen LogP contribution in [0.15, 0.2) is 60.0 Å². The average molecular weight is 410 g/mol. The number of nitrogens with one attached hydrogen (secondary N) is 2. The van der Waals surface area contributed by atoms with Crippen LogP contribution in [0.25, 0.3) is 0 Å². The summed E-state index contributed by atoms with van der Waals surface area (Å²) >= 11 is 1.37. The molecule has 7 heteroatoms.